The molecule has 0 saturated carbocycles. The molecule has 0 aromatic heterocycles. The van der Waals surface area contributed by atoms with Crippen molar-refractivity contribution in [1.82, 2.24) is 4.31 Å². The molecule has 0 aliphatic heterocycles. The van der Waals surface area contributed by atoms with Gasteiger partial charge in [0.1, 0.15) is 0 Å². The van der Waals surface area contributed by atoms with E-state index in [2.05, 4.69) is 0 Å². The number of rotatable bonds is 7. The fourth-order valence-corrected chi connectivity index (χ4v) is 2.70. The SMILES string of the molecule is COCCN(C)S(=O)(=O)Cc1cccc(CN)c1. The second-order valence-electron chi connectivity index (χ2n) is 4.09. The van der Waals surface area contributed by atoms with Gasteiger partial charge in [-0.2, -0.15) is 0 Å². The molecule has 0 atom stereocenters. The lowest BCUT2D eigenvalue weighted by atomic mass is 10.1. The number of hydrogen-bond donors (Lipinski definition) is 1. The molecular weight excluding hydrogens is 252 g/mol. The molecule has 18 heavy (non-hydrogen) atoms. The molecule has 0 unspecified atom stereocenters. The third-order valence-corrected chi connectivity index (χ3v) is 4.49. The summed E-state index contributed by atoms with van der Waals surface area (Å²) in [6.07, 6.45) is 0. The van der Waals surface area contributed by atoms with E-state index in [1.807, 2.05) is 18.2 Å². The van der Waals surface area contributed by atoms with Crippen molar-refractivity contribution in [2.45, 2.75) is 12.3 Å². The van der Waals surface area contributed by atoms with Crippen molar-refractivity contribution < 1.29 is 13.2 Å². The van der Waals surface area contributed by atoms with Gasteiger partial charge in [0.05, 0.1) is 12.4 Å². The van der Waals surface area contributed by atoms with Crippen molar-refractivity contribution in [3.63, 3.8) is 0 Å². The molecule has 0 aliphatic rings. The van der Waals surface area contributed by atoms with Gasteiger partial charge in [-0.15, -0.1) is 0 Å². The summed E-state index contributed by atoms with van der Waals surface area (Å²) < 4.78 is 30.3. The molecule has 1 aromatic carbocycles. The van der Waals surface area contributed by atoms with Gasteiger partial charge in [0, 0.05) is 27.2 Å². The molecule has 0 heterocycles. The molecule has 0 saturated heterocycles. The van der Waals surface area contributed by atoms with Crippen molar-refractivity contribution in [3.05, 3.63) is 35.4 Å². The zero-order valence-corrected chi connectivity index (χ0v) is 11.6. The highest BCUT2D eigenvalue weighted by Crippen LogP contribution is 2.11. The van der Waals surface area contributed by atoms with Gasteiger partial charge in [-0.1, -0.05) is 24.3 Å². The number of likely N-dealkylation sites (N-methyl/N-ethyl adjacent to an activating group) is 1. The molecule has 0 radical (unpaired) electrons. The Morgan fingerprint density at radius 1 is 1.33 bits per heavy atom. The molecule has 0 amide bonds. The summed E-state index contributed by atoms with van der Waals surface area (Å²) in [5.74, 6) is -0.0128. The quantitative estimate of drug-likeness (QED) is 0.787. The van der Waals surface area contributed by atoms with Crippen LogP contribution >= 0.6 is 0 Å². The van der Waals surface area contributed by atoms with Gasteiger partial charge >= 0.3 is 0 Å². The Labute approximate surface area is 109 Å². The largest absolute Gasteiger partial charge is 0.383 e. The third kappa shape index (κ3) is 4.38. The second kappa shape index (κ2) is 6.84. The normalized spacial score (nSPS) is 12.0. The Kier molecular flexibility index (Phi) is 5.74. The van der Waals surface area contributed by atoms with Gasteiger partial charge in [0.2, 0.25) is 10.0 Å². The van der Waals surface area contributed by atoms with E-state index in [1.54, 1.807) is 20.2 Å². The first-order chi connectivity index (χ1) is 8.49. The maximum Gasteiger partial charge on any atom is 0.218 e. The number of methoxy groups -OCH3 is 1. The lowest BCUT2D eigenvalue weighted by Gasteiger charge is -2.16. The van der Waals surface area contributed by atoms with Crippen LogP contribution in [0.25, 0.3) is 0 Å². The highest BCUT2D eigenvalue weighted by molar-refractivity contribution is 7.88. The van der Waals surface area contributed by atoms with Crippen LogP contribution in [0.1, 0.15) is 11.1 Å². The molecule has 1 aromatic rings. The van der Waals surface area contributed by atoms with Crippen LogP contribution in [0.4, 0.5) is 0 Å². The first kappa shape index (κ1) is 15.1. The molecule has 0 fully saturated rings. The van der Waals surface area contributed by atoms with E-state index in [0.717, 1.165) is 11.1 Å². The van der Waals surface area contributed by atoms with Crippen LogP contribution in [0.15, 0.2) is 24.3 Å². The number of nitrogens with two attached hydrogens (primary N) is 1. The number of benzene rings is 1. The van der Waals surface area contributed by atoms with Crippen LogP contribution in [0.3, 0.4) is 0 Å². The van der Waals surface area contributed by atoms with Crippen molar-refractivity contribution in [1.29, 1.82) is 0 Å². The van der Waals surface area contributed by atoms with Crippen molar-refractivity contribution >= 4 is 10.0 Å². The molecule has 0 bridgehead atoms. The fourth-order valence-electron chi connectivity index (χ4n) is 1.53. The molecule has 6 heteroatoms. The fraction of sp³-hybridized carbons (Fsp3) is 0.500. The zero-order valence-electron chi connectivity index (χ0n) is 10.8. The smallest absolute Gasteiger partial charge is 0.218 e. The Hall–Kier alpha value is -0.950. The van der Waals surface area contributed by atoms with Crippen molar-refractivity contribution in [3.8, 4) is 0 Å². The van der Waals surface area contributed by atoms with E-state index >= 15 is 0 Å². The second-order valence-corrected chi connectivity index (χ2v) is 6.17. The standard InChI is InChI=1S/C12H20N2O3S/c1-14(6-7-17-2)18(15,16)10-12-5-3-4-11(8-12)9-13/h3-5,8H,6-7,9-10,13H2,1-2H3. The van der Waals surface area contributed by atoms with Gasteiger partial charge in [0.25, 0.3) is 0 Å². The van der Waals surface area contributed by atoms with Gasteiger partial charge in [0.15, 0.2) is 0 Å². The van der Waals surface area contributed by atoms with Crippen LogP contribution in [0, 0.1) is 0 Å². The molecule has 5 nitrogen and oxygen atoms in total. The Bertz CT molecular complexity index is 474. The van der Waals surface area contributed by atoms with Crippen molar-refractivity contribution in [2.75, 3.05) is 27.3 Å². The van der Waals surface area contributed by atoms with E-state index in [4.69, 9.17) is 10.5 Å². The molecule has 102 valence electrons. The van der Waals surface area contributed by atoms with Gasteiger partial charge in [-0.25, -0.2) is 12.7 Å². The lowest BCUT2D eigenvalue weighted by Crippen LogP contribution is -2.31. The molecule has 2 N–H and O–H groups in total. The highest BCUT2D eigenvalue weighted by Gasteiger charge is 2.18. The van der Waals surface area contributed by atoms with E-state index in [1.165, 1.54) is 4.31 Å². The van der Waals surface area contributed by atoms with E-state index < -0.39 is 10.0 Å². The minimum Gasteiger partial charge on any atom is -0.383 e. The van der Waals surface area contributed by atoms with Crippen molar-refractivity contribution in [2.24, 2.45) is 5.73 Å². The molecular formula is C12H20N2O3S. The van der Waals surface area contributed by atoms with Crippen LogP contribution in [-0.2, 0) is 27.1 Å². The Morgan fingerprint density at radius 2 is 2.00 bits per heavy atom. The number of hydrogen-bond acceptors (Lipinski definition) is 4. The summed E-state index contributed by atoms with van der Waals surface area (Å²) in [5, 5.41) is 0. The summed E-state index contributed by atoms with van der Waals surface area (Å²) in [6.45, 7) is 1.15. The maximum atomic E-state index is 12.0. The zero-order chi connectivity index (χ0) is 13.6. The first-order valence-electron chi connectivity index (χ1n) is 5.70. The predicted molar refractivity (Wildman–Crippen MR) is 71.5 cm³/mol. The Morgan fingerprint density at radius 3 is 2.61 bits per heavy atom. The molecule has 0 aliphatic carbocycles. The first-order valence-corrected chi connectivity index (χ1v) is 7.31. The lowest BCUT2D eigenvalue weighted by molar-refractivity contribution is 0.185. The van der Waals surface area contributed by atoms with Crippen LogP contribution in [0.5, 0.6) is 0 Å². The topological polar surface area (TPSA) is 72.6 Å². The van der Waals surface area contributed by atoms with E-state index in [9.17, 15) is 8.42 Å². The van der Waals surface area contributed by atoms with E-state index in [-0.39, 0.29) is 5.75 Å². The summed E-state index contributed by atoms with van der Waals surface area (Å²) in [6, 6.07) is 7.32. The highest BCUT2D eigenvalue weighted by atomic mass is 32.2. The molecule has 0 spiro atoms. The third-order valence-electron chi connectivity index (χ3n) is 2.66. The van der Waals surface area contributed by atoms with Crippen LogP contribution < -0.4 is 5.73 Å². The summed E-state index contributed by atoms with van der Waals surface area (Å²) >= 11 is 0. The minimum absolute atomic E-state index is 0.0128. The maximum absolute atomic E-state index is 12.0. The predicted octanol–water partition coefficient (Wildman–Crippen LogP) is 0.553. The van der Waals surface area contributed by atoms with Crippen LogP contribution in [0.2, 0.25) is 0 Å². The average molecular weight is 272 g/mol. The Balaban J connectivity index is 2.75. The summed E-state index contributed by atoms with van der Waals surface area (Å²) in [7, 11) is -0.195. The average Bonchev–Trinajstić information content (AvgIpc) is 2.35. The summed E-state index contributed by atoms with van der Waals surface area (Å²) in [5.41, 5.74) is 7.22. The molecule has 1 rings (SSSR count). The number of nitrogens with zero attached hydrogens (tertiary/aromatic N) is 1. The number of ether oxygens (including phenoxy) is 1. The van der Waals surface area contributed by atoms with Gasteiger partial charge in [-0.05, 0) is 11.1 Å². The van der Waals surface area contributed by atoms with E-state index in [0.29, 0.717) is 19.7 Å². The van der Waals surface area contributed by atoms with Gasteiger partial charge in [-0.3, -0.25) is 0 Å². The summed E-state index contributed by atoms with van der Waals surface area (Å²) in [4.78, 5) is 0. The minimum atomic E-state index is -3.30. The monoisotopic (exact) mass is 272 g/mol. The van der Waals surface area contributed by atoms with Gasteiger partial charge < -0.3 is 10.5 Å². The number of sulfonamides is 1. The van der Waals surface area contributed by atoms with Crippen LogP contribution in [-0.4, -0.2) is 40.0 Å².